The summed E-state index contributed by atoms with van der Waals surface area (Å²) in [5, 5.41) is 0.386. The van der Waals surface area contributed by atoms with Gasteiger partial charge in [-0.05, 0) is 62.2 Å². The number of hydrogen-bond donors (Lipinski definition) is 1. The molecule has 2 N–H and O–H groups in total. The van der Waals surface area contributed by atoms with Crippen molar-refractivity contribution in [1.82, 2.24) is 0 Å². The fourth-order valence-electron chi connectivity index (χ4n) is 3.46. The van der Waals surface area contributed by atoms with Crippen molar-refractivity contribution in [2.75, 3.05) is 0 Å². The standard InChI is InChI=1S/C17H16ClF2NO2S/c1-16(21)9-17(10-16,14-8-12(19)4-7-15(14)20)24(22,23)13-5-2-11(18)3-6-13/h2-8H,9-10,21H2,1H3. The van der Waals surface area contributed by atoms with Gasteiger partial charge in [0.2, 0.25) is 0 Å². The van der Waals surface area contributed by atoms with E-state index in [0.717, 1.165) is 18.2 Å². The minimum Gasteiger partial charge on any atom is -0.325 e. The Labute approximate surface area is 144 Å². The molecule has 0 unspecified atom stereocenters. The van der Waals surface area contributed by atoms with E-state index in [0.29, 0.717) is 5.02 Å². The molecule has 2 aromatic rings. The van der Waals surface area contributed by atoms with Gasteiger partial charge < -0.3 is 5.73 Å². The molecule has 0 bridgehead atoms. The average Bonchev–Trinajstić information content (AvgIpc) is 2.47. The van der Waals surface area contributed by atoms with Gasteiger partial charge in [0.1, 0.15) is 16.4 Å². The first-order valence-corrected chi connectivity index (χ1v) is 9.18. The molecule has 0 atom stereocenters. The molecule has 24 heavy (non-hydrogen) atoms. The van der Waals surface area contributed by atoms with E-state index in [1.807, 2.05) is 0 Å². The molecule has 3 nitrogen and oxygen atoms in total. The Morgan fingerprint density at radius 2 is 1.67 bits per heavy atom. The van der Waals surface area contributed by atoms with Crippen molar-refractivity contribution < 1.29 is 17.2 Å². The van der Waals surface area contributed by atoms with Crippen LogP contribution in [0.3, 0.4) is 0 Å². The second-order valence-corrected chi connectivity index (χ2v) is 9.28. The lowest BCUT2D eigenvalue weighted by Crippen LogP contribution is -2.61. The molecule has 0 heterocycles. The van der Waals surface area contributed by atoms with Crippen molar-refractivity contribution in [3.05, 3.63) is 64.7 Å². The highest BCUT2D eigenvalue weighted by Crippen LogP contribution is 2.55. The fraction of sp³-hybridized carbons (Fsp3) is 0.294. The minimum absolute atomic E-state index is 0.00529. The summed E-state index contributed by atoms with van der Waals surface area (Å²) < 4.78 is 52.9. The van der Waals surface area contributed by atoms with Crippen molar-refractivity contribution in [1.29, 1.82) is 0 Å². The summed E-state index contributed by atoms with van der Waals surface area (Å²) in [6.45, 7) is 1.69. The molecule has 2 aromatic carbocycles. The van der Waals surface area contributed by atoms with Gasteiger partial charge in [-0.2, -0.15) is 0 Å². The summed E-state index contributed by atoms with van der Waals surface area (Å²) in [5.74, 6) is -1.45. The number of hydrogen-bond acceptors (Lipinski definition) is 3. The zero-order chi connectivity index (χ0) is 17.8. The quantitative estimate of drug-likeness (QED) is 0.892. The summed E-state index contributed by atoms with van der Waals surface area (Å²) in [7, 11) is -3.99. The summed E-state index contributed by atoms with van der Waals surface area (Å²) in [5.41, 5.74) is 5.07. The molecule has 0 saturated heterocycles. The lowest BCUT2D eigenvalue weighted by molar-refractivity contribution is 0.185. The zero-order valence-corrected chi connectivity index (χ0v) is 14.5. The van der Waals surface area contributed by atoms with Crippen molar-refractivity contribution in [3.8, 4) is 0 Å². The molecule has 7 heteroatoms. The highest BCUT2D eigenvalue weighted by molar-refractivity contribution is 7.92. The second-order valence-electron chi connectivity index (χ2n) is 6.58. The first-order chi connectivity index (χ1) is 11.1. The third-order valence-electron chi connectivity index (χ3n) is 4.44. The van der Waals surface area contributed by atoms with Gasteiger partial charge >= 0.3 is 0 Å². The van der Waals surface area contributed by atoms with Gasteiger partial charge in [-0.15, -0.1) is 0 Å². The first-order valence-electron chi connectivity index (χ1n) is 7.32. The van der Waals surface area contributed by atoms with E-state index >= 15 is 0 Å². The van der Waals surface area contributed by atoms with E-state index in [9.17, 15) is 17.2 Å². The molecule has 0 aromatic heterocycles. The molecular formula is C17H16ClF2NO2S. The molecular weight excluding hydrogens is 356 g/mol. The van der Waals surface area contributed by atoms with Gasteiger partial charge in [0.05, 0.1) is 4.90 Å². The Morgan fingerprint density at radius 3 is 2.21 bits per heavy atom. The summed E-state index contributed by atoms with van der Waals surface area (Å²) >= 11 is 5.81. The molecule has 1 saturated carbocycles. The molecule has 128 valence electrons. The van der Waals surface area contributed by atoms with E-state index in [1.54, 1.807) is 6.92 Å². The van der Waals surface area contributed by atoms with E-state index in [4.69, 9.17) is 17.3 Å². The van der Waals surface area contributed by atoms with E-state index in [2.05, 4.69) is 0 Å². The maximum atomic E-state index is 14.4. The van der Waals surface area contributed by atoms with Gasteiger partial charge in [0, 0.05) is 16.1 Å². The molecule has 1 fully saturated rings. The Morgan fingerprint density at radius 1 is 1.08 bits per heavy atom. The number of sulfone groups is 1. The van der Waals surface area contributed by atoms with Crippen molar-refractivity contribution in [3.63, 3.8) is 0 Å². The first kappa shape index (κ1) is 17.3. The van der Waals surface area contributed by atoms with Crippen LogP contribution in [0, 0.1) is 11.6 Å². The van der Waals surface area contributed by atoms with E-state index in [-0.39, 0.29) is 23.3 Å². The number of rotatable bonds is 3. The number of halogens is 3. The predicted octanol–water partition coefficient (Wildman–Crippen LogP) is 3.80. The van der Waals surface area contributed by atoms with Crippen molar-refractivity contribution in [2.24, 2.45) is 5.73 Å². The number of nitrogens with two attached hydrogens (primary N) is 1. The normalized spacial score (nSPS) is 26.9. The highest BCUT2D eigenvalue weighted by atomic mass is 35.5. The summed E-state index contributed by atoms with van der Waals surface area (Å²) in [6, 6.07) is 8.47. The van der Waals surface area contributed by atoms with Gasteiger partial charge in [-0.3, -0.25) is 0 Å². The predicted molar refractivity (Wildman–Crippen MR) is 88.5 cm³/mol. The monoisotopic (exact) mass is 371 g/mol. The van der Waals surface area contributed by atoms with Gasteiger partial charge in [-0.1, -0.05) is 11.6 Å². The van der Waals surface area contributed by atoms with E-state index < -0.39 is 31.8 Å². The SMILES string of the molecule is CC1(N)CC(c2cc(F)ccc2F)(S(=O)(=O)c2ccc(Cl)cc2)C1. The van der Waals surface area contributed by atoms with E-state index in [1.165, 1.54) is 24.3 Å². The van der Waals surface area contributed by atoms with Crippen LogP contribution in [-0.4, -0.2) is 14.0 Å². The molecule has 3 rings (SSSR count). The molecule has 1 aliphatic rings. The lowest BCUT2D eigenvalue weighted by Gasteiger charge is -2.52. The Balaban J connectivity index is 2.21. The number of benzene rings is 2. The van der Waals surface area contributed by atoms with Crippen LogP contribution in [-0.2, 0) is 14.6 Å². The van der Waals surface area contributed by atoms with Crippen LogP contribution < -0.4 is 5.73 Å². The zero-order valence-electron chi connectivity index (χ0n) is 12.9. The summed E-state index contributed by atoms with van der Waals surface area (Å²) in [4.78, 5) is 0.00561. The van der Waals surface area contributed by atoms with Gasteiger partial charge in [-0.25, -0.2) is 17.2 Å². The van der Waals surface area contributed by atoms with Crippen LogP contribution >= 0.6 is 11.6 Å². The minimum atomic E-state index is -3.99. The summed E-state index contributed by atoms with van der Waals surface area (Å²) in [6.07, 6.45) is 0.0106. The largest absolute Gasteiger partial charge is 0.325 e. The molecule has 0 spiro atoms. The molecule has 0 radical (unpaired) electrons. The van der Waals surface area contributed by atoms with Crippen LogP contribution in [0.2, 0.25) is 5.02 Å². The molecule has 0 amide bonds. The van der Waals surface area contributed by atoms with Crippen LogP contribution in [0.25, 0.3) is 0 Å². The Bertz CT molecular complexity index is 887. The third-order valence-corrected chi connectivity index (χ3v) is 7.12. The maximum absolute atomic E-state index is 14.4. The van der Waals surface area contributed by atoms with Crippen molar-refractivity contribution >= 4 is 21.4 Å². The third kappa shape index (κ3) is 2.62. The fourth-order valence-corrected chi connectivity index (χ4v) is 6.02. The van der Waals surface area contributed by atoms with Gasteiger partial charge in [0.15, 0.2) is 9.84 Å². The topological polar surface area (TPSA) is 60.2 Å². The highest BCUT2D eigenvalue weighted by Gasteiger charge is 2.60. The van der Waals surface area contributed by atoms with Crippen molar-refractivity contribution in [2.45, 2.75) is 34.9 Å². The Hall–Kier alpha value is -1.50. The van der Waals surface area contributed by atoms with Crippen LogP contribution in [0.1, 0.15) is 25.3 Å². The second kappa shape index (κ2) is 5.51. The Kier molecular flexibility index (Phi) is 3.98. The molecule has 1 aliphatic carbocycles. The lowest BCUT2D eigenvalue weighted by atomic mass is 9.66. The van der Waals surface area contributed by atoms with Crippen LogP contribution in [0.4, 0.5) is 8.78 Å². The van der Waals surface area contributed by atoms with Crippen LogP contribution in [0.5, 0.6) is 0 Å². The van der Waals surface area contributed by atoms with Gasteiger partial charge in [0.25, 0.3) is 0 Å². The smallest absolute Gasteiger partial charge is 0.188 e. The average molecular weight is 372 g/mol. The van der Waals surface area contributed by atoms with Crippen LogP contribution in [0.15, 0.2) is 47.4 Å². The maximum Gasteiger partial charge on any atom is 0.188 e. The molecule has 0 aliphatic heterocycles.